The van der Waals surface area contributed by atoms with Gasteiger partial charge in [-0.25, -0.2) is 0 Å². The maximum Gasteiger partial charge on any atom is 0.185 e. The number of halogens is 1. The van der Waals surface area contributed by atoms with Gasteiger partial charge in [0, 0.05) is 20.7 Å². The Morgan fingerprint density at radius 2 is 1.66 bits per heavy atom. The maximum absolute atomic E-state index is 14.0. The predicted octanol–water partition coefficient (Wildman–Crippen LogP) is 5.58. The number of Topliss-reactive ketones (excluding diaryl/α,β-unsaturated/α-hetero) is 1. The molecule has 3 atom stereocenters. The van der Waals surface area contributed by atoms with E-state index in [-0.39, 0.29) is 5.78 Å². The Bertz CT molecular complexity index is 1300. The molecule has 0 saturated carbocycles. The van der Waals surface area contributed by atoms with Crippen molar-refractivity contribution in [2.75, 3.05) is 4.90 Å². The Kier molecular flexibility index (Phi) is 5.07. The minimum Gasteiger partial charge on any atom is -0.351 e. The topological polar surface area (TPSA) is 67.9 Å². The molecule has 0 spiro atoms. The lowest BCUT2D eigenvalue weighted by Crippen LogP contribution is -2.44. The van der Waals surface area contributed by atoms with Gasteiger partial charge in [0.2, 0.25) is 0 Å². The normalized spacial score (nSPS) is 22.3. The zero-order chi connectivity index (χ0) is 22.3. The van der Waals surface area contributed by atoms with Crippen LogP contribution in [0.5, 0.6) is 0 Å². The molecule has 0 aromatic heterocycles. The van der Waals surface area contributed by atoms with E-state index in [9.17, 15) is 15.3 Å². The molecule has 5 heteroatoms. The summed E-state index contributed by atoms with van der Waals surface area (Å²) >= 11 is 2.23. The molecule has 0 radical (unpaired) electrons. The molecule has 32 heavy (non-hydrogen) atoms. The van der Waals surface area contributed by atoms with Gasteiger partial charge in [0.15, 0.2) is 11.2 Å². The summed E-state index contributed by atoms with van der Waals surface area (Å²) in [6, 6.07) is 28.3. The van der Waals surface area contributed by atoms with Crippen LogP contribution in [0.25, 0.3) is 6.08 Å². The summed E-state index contributed by atoms with van der Waals surface area (Å²) in [6.45, 7) is 0. The van der Waals surface area contributed by atoms with Crippen molar-refractivity contribution in [2.45, 2.75) is 18.0 Å². The predicted molar refractivity (Wildman–Crippen MR) is 132 cm³/mol. The van der Waals surface area contributed by atoms with Gasteiger partial charge >= 0.3 is 0 Å². The maximum atomic E-state index is 14.0. The van der Waals surface area contributed by atoms with Gasteiger partial charge < -0.3 is 4.90 Å². The first kappa shape index (κ1) is 20.5. The third-order valence-electron chi connectivity index (χ3n) is 6.45. The number of nitrogens with zero attached hydrogens (tertiary/aromatic N) is 3. The molecule has 0 bridgehead atoms. The summed E-state index contributed by atoms with van der Waals surface area (Å²) in [5.74, 6) is -0.697. The number of ketones is 1. The van der Waals surface area contributed by atoms with Crippen molar-refractivity contribution >= 4 is 40.1 Å². The van der Waals surface area contributed by atoms with Crippen LogP contribution in [0.4, 0.5) is 5.69 Å². The Labute approximate surface area is 200 Å². The van der Waals surface area contributed by atoms with E-state index in [2.05, 4.69) is 34.7 Å². The fourth-order valence-electron chi connectivity index (χ4n) is 5.08. The van der Waals surface area contributed by atoms with Gasteiger partial charge in [-0.1, -0.05) is 72.8 Å². The highest BCUT2D eigenvalue weighted by atomic mass is 127. The van der Waals surface area contributed by atoms with E-state index in [1.54, 1.807) is 12.1 Å². The zero-order valence-electron chi connectivity index (χ0n) is 17.0. The highest BCUT2D eigenvalue weighted by molar-refractivity contribution is 14.1. The molecule has 0 N–H and O–H groups in total. The van der Waals surface area contributed by atoms with Gasteiger partial charge in [-0.3, -0.25) is 4.79 Å². The molecule has 154 valence electrons. The molecular formula is C27H18IN3O. The van der Waals surface area contributed by atoms with Crippen molar-refractivity contribution in [2.24, 2.45) is 5.41 Å². The number of benzene rings is 3. The number of anilines is 1. The average Bonchev–Trinajstić information content (AvgIpc) is 3.15. The molecule has 0 amide bonds. The molecule has 2 aliphatic heterocycles. The zero-order valence-corrected chi connectivity index (χ0v) is 19.2. The molecule has 3 unspecified atom stereocenters. The SMILES string of the molecule is N#CC1(C#N)C(c2cccc(I)c2)C(C(=O)c2ccccc2)N2c3ccccc3C=CC21. The van der Waals surface area contributed by atoms with Crippen molar-refractivity contribution in [1.82, 2.24) is 0 Å². The monoisotopic (exact) mass is 527 g/mol. The first-order valence-electron chi connectivity index (χ1n) is 10.3. The second-order valence-corrected chi connectivity index (χ2v) is 9.32. The van der Waals surface area contributed by atoms with E-state index >= 15 is 0 Å². The molecule has 0 aliphatic carbocycles. The Morgan fingerprint density at radius 3 is 2.38 bits per heavy atom. The average molecular weight is 527 g/mol. The summed E-state index contributed by atoms with van der Waals surface area (Å²) in [7, 11) is 0. The number of rotatable bonds is 3. The molecule has 4 nitrogen and oxygen atoms in total. The van der Waals surface area contributed by atoms with E-state index in [4.69, 9.17) is 0 Å². The number of hydrogen-bond acceptors (Lipinski definition) is 4. The molecular weight excluding hydrogens is 509 g/mol. The third-order valence-corrected chi connectivity index (χ3v) is 7.12. The van der Waals surface area contributed by atoms with Crippen LogP contribution in [-0.4, -0.2) is 17.9 Å². The van der Waals surface area contributed by atoms with E-state index in [0.29, 0.717) is 5.56 Å². The van der Waals surface area contributed by atoms with Crippen molar-refractivity contribution in [3.63, 3.8) is 0 Å². The first-order chi connectivity index (χ1) is 15.6. The summed E-state index contributed by atoms with van der Waals surface area (Å²) in [5.41, 5.74) is 1.84. The van der Waals surface area contributed by atoms with E-state index in [1.165, 1.54) is 0 Å². The van der Waals surface area contributed by atoms with Crippen molar-refractivity contribution < 1.29 is 4.79 Å². The number of carbonyl (C=O) groups is 1. The lowest BCUT2D eigenvalue weighted by atomic mass is 9.69. The summed E-state index contributed by atoms with van der Waals surface area (Å²) in [6.07, 6.45) is 3.87. The summed E-state index contributed by atoms with van der Waals surface area (Å²) in [5, 5.41) is 20.9. The van der Waals surface area contributed by atoms with Gasteiger partial charge in [-0.15, -0.1) is 0 Å². The number of hydrogen-bond donors (Lipinski definition) is 0. The minimum absolute atomic E-state index is 0.0862. The molecule has 5 rings (SSSR count). The van der Waals surface area contributed by atoms with E-state index in [1.807, 2.05) is 83.8 Å². The van der Waals surface area contributed by atoms with E-state index < -0.39 is 23.4 Å². The standard InChI is InChI=1S/C27H18IN3O/c28-21-11-6-10-20(15-21)24-25(26(32)19-8-2-1-3-9-19)31-22-12-5-4-7-18(22)13-14-23(31)27(24,16-29)17-30/h1-15,23-25H. The highest BCUT2D eigenvalue weighted by Gasteiger charge is 2.63. The van der Waals surface area contributed by atoms with Crippen LogP contribution < -0.4 is 4.90 Å². The van der Waals surface area contributed by atoms with Crippen LogP contribution in [0.1, 0.15) is 27.4 Å². The lowest BCUT2D eigenvalue weighted by Gasteiger charge is -2.35. The van der Waals surface area contributed by atoms with Gasteiger partial charge in [0.05, 0.1) is 18.2 Å². The van der Waals surface area contributed by atoms with E-state index in [0.717, 1.165) is 20.4 Å². The largest absolute Gasteiger partial charge is 0.351 e. The third kappa shape index (κ3) is 2.97. The lowest BCUT2D eigenvalue weighted by molar-refractivity contribution is 0.0951. The Balaban J connectivity index is 1.80. The molecule has 1 fully saturated rings. The van der Waals surface area contributed by atoms with Crippen molar-refractivity contribution in [3.8, 4) is 12.1 Å². The minimum atomic E-state index is -1.41. The molecule has 2 aliphatic rings. The van der Waals surface area contributed by atoms with Crippen molar-refractivity contribution in [1.29, 1.82) is 10.5 Å². The number of fused-ring (bicyclic) bond motifs is 3. The van der Waals surface area contributed by atoms with Gasteiger partial charge in [-0.2, -0.15) is 10.5 Å². The van der Waals surface area contributed by atoms with Crippen molar-refractivity contribution in [3.05, 3.63) is 105 Å². The Morgan fingerprint density at radius 1 is 0.938 bits per heavy atom. The van der Waals surface area contributed by atoms with Crippen LogP contribution in [0.3, 0.4) is 0 Å². The Hall–Kier alpha value is -3.42. The molecule has 2 heterocycles. The number of para-hydroxylation sites is 1. The quantitative estimate of drug-likeness (QED) is 0.330. The summed E-state index contributed by atoms with van der Waals surface area (Å²) in [4.78, 5) is 16.0. The number of nitriles is 2. The first-order valence-corrected chi connectivity index (χ1v) is 11.4. The fourth-order valence-corrected chi connectivity index (χ4v) is 5.65. The van der Waals surface area contributed by atoms with Gasteiger partial charge in [-0.05, 0) is 51.9 Å². The van der Waals surface area contributed by atoms with Crippen LogP contribution in [-0.2, 0) is 0 Å². The number of carbonyl (C=O) groups excluding carboxylic acids is 1. The molecule has 1 saturated heterocycles. The van der Waals surface area contributed by atoms with Gasteiger partial charge in [0.25, 0.3) is 0 Å². The second kappa shape index (κ2) is 7.93. The van der Waals surface area contributed by atoms with Crippen LogP contribution in [0, 0.1) is 31.6 Å². The van der Waals surface area contributed by atoms with Crippen LogP contribution in [0.2, 0.25) is 0 Å². The van der Waals surface area contributed by atoms with Crippen LogP contribution >= 0.6 is 22.6 Å². The van der Waals surface area contributed by atoms with Crippen LogP contribution in [0.15, 0.2) is 84.9 Å². The fraction of sp³-hybridized carbons (Fsp3) is 0.148. The summed E-state index contributed by atoms with van der Waals surface area (Å²) < 4.78 is 0.997. The smallest absolute Gasteiger partial charge is 0.185 e. The second-order valence-electron chi connectivity index (χ2n) is 8.07. The molecule has 3 aromatic rings. The van der Waals surface area contributed by atoms with Gasteiger partial charge in [0.1, 0.15) is 6.04 Å². The highest BCUT2D eigenvalue weighted by Crippen LogP contribution is 2.55. The molecule has 3 aromatic carbocycles.